The van der Waals surface area contributed by atoms with Gasteiger partial charge in [-0.3, -0.25) is 4.90 Å². The van der Waals surface area contributed by atoms with E-state index in [1.54, 1.807) is 12.1 Å². The number of benzene rings is 1. The average molecular weight is 266 g/mol. The molecule has 104 valence electrons. The van der Waals surface area contributed by atoms with Gasteiger partial charge in [0.15, 0.2) is 11.6 Å². The largest absolute Gasteiger partial charge is 0.314 e. The summed E-state index contributed by atoms with van der Waals surface area (Å²) in [6.07, 6.45) is 0.653. The SMILES string of the molecule is C=C(C)C[C@@H](c1cccc(F)c1F)N1CCNCC1. The van der Waals surface area contributed by atoms with Crippen LogP contribution in [0.4, 0.5) is 8.78 Å². The molecule has 2 nitrogen and oxygen atoms in total. The summed E-state index contributed by atoms with van der Waals surface area (Å²) in [7, 11) is 0. The Labute approximate surface area is 113 Å². The van der Waals surface area contributed by atoms with E-state index in [-0.39, 0.29) is 6.04 Å². The number of piperazine rings is 1. The van der Waals surface area contributed by atoms with Crippen molar-refractivity contribution in [2.24, 2.45) is 0 Å². The van der Waals surface area contributed by atoms with Crippen molar-refractivity contribution >= 4 is 0 Å². The lowest BCUT2D eigenvalue weighted by Gasteiger charge is -2.35. The Hall–Kier alpha value is -1.26. The van der Waals surface area contributed by atoms with E-state index in [9.17, 15) is 8.78 Å². The molecule has 0 amide bonds. The van der Waals surface area contributed by atoms with E-state index in [1.807, 2.05) is 6.92 Å². The van der Waals surface area contributed by atoms with Gasteiger partial charge >= 0.3 is 0 Å². The first kappa shape index (κ1) is 14.2. The number of rotatable bonds is 4. The van der Waals surface area contributed by atoms with Crippen molar-refractivity contribution in [2.45, 2.75) is 19.4 Å². The fourth-order valence-electron chi connectivity index (χ4n) is 2.54. The van der Waals surface area contributed by atoms with Crippen LogP contribution in [0.1, 0.15) is 24.9 Å². The molecule has 1 N–H and O–H groups in total. The fraction of sp³-hybridized carbons (Fsp3) is 0.467. The molecule has 1 heterocycles. The van der Waals surface area contributed by atoms with Crippen molar-refractivity contribution in [1.82, 2.24) is 10.2 Å². The van der Waals surface area contributed by atoms with E-state index >= 15 is 0 Å². The molecule has 4 heteroatoms. The Bertz CT molecular complexity index is 453. The van der Waals surface area contributed by atoms with Crippen LogP contribution in [0.3, 0.4) is 0 Å². The first-order valence-electron chi connectivity index (χ1n) is 6.62. The molecular formula is C15H20F2N2. The maximum atomic E-state index is 14.0. The van der Waals surface area contributed by atoms with Crippen LogP contribution in [-0.4, -0.2) is 31.1 Å². The quantitative estimate of drug-likeness (QED) is 0.843. The number of nitrogens with zero attached hydrogens (tertiary/aromatic N) is 1. The summed E-state index contributed by atoms with van der Waals surface area (Å²) in [5.41, 5.74) is 1.41. The summed E-state index contributed by atoms with van der Waals surface area (Å²) in [4.78, 5) is 2.20. The van der Waals surface area contributed by atoms with Crippen molar-refractivity contribution in [2.75, 3.05) is 26.2 Å². The van der Waals surface area contributed by atoms with Crippen LogP contribution in [-0.2, 0) is 0 Å². The third kappa shape index (κ3) is 3.39. The summed E-state index contributed by atoms with van der Waals surface area (Å²) in [6, 6.07) is 4.28. The molecule has 2 rings (SSSR count). The first-order valence-corrected chi connectivity index (χ1v) is 6.62. The van der Waals surface area contributed by atoms with E-state index in [0.717, 1.165) is 37.8 Å². The molecule has 0 aliphatic carbocycles. The molecule has 0 aromatic heterocycles. The molecule has 0 bridgehead atoms. The fourth-order valence-corrected chi connectivity index (χ4v) is 2.54. The lowest BCUT2D eigenvalue weighted by Crippen LogP contribution is -2.45. The van der Waals surface area contributed by atoms with Gasteiger partial charge < -0.3 is 5.32 Å². The van der Waals surface area contributed by atoms with Gasteiger partial charge in [-0.25, -0.2) is 8.78 Å². The molecule has 1 aromatic rings. The summed E-state index contributed by atoms with van der Waals surface area (Å²) in [5, 5.41) is 3.27. The van der Waals surface area contributed by atoms with Gasteiger partial charge in [-0.05, 0) is 19.4 Å². The molecule has 0 spiro atoms. The second-order valence-corrected chi connectivity index (χ2v) is 5.11. The molecule has 1 aliphatic rings. The van der Waals surface area contributed by atoms with Gasteiger partial charge in [-0.2, -0.15) is 0 Å². The monoisotopic (exact) mass is 266 g/mol. The van der Waals surface area contributed by atoms with Gasteiger partial charge in [0.25, 0.3) is 0 Å². The van der Waals surface area contributed by atoms with Gasteiger partial charge in [0.2, 0.25) is 0 Å². The topological polar surface area (TPSA) is 15.3 Å². The van der Waals surface area contributed by atoms with E-state index in [0.29, 0.717) is 12.0 Å². The molecule has 1 fully saturated rings. The number of hydrogen-bond donors (Lipinski definition) is 1. The highest BCUT2D eigenvalue weighted by Gasteiger charge is 2.25. The molecule has 19 heavy (non-hydrogen) atoms. The van der Waals surface area contributed by atoms with E-state index in [4.69, 9.17) is 0 Å². The first-order chi connectivity index (χ1) is 9.09. The summed E-state index contributed by atoms with van der Waals surface area (Å²) in [5.74, 6) is -1.51. The van der Waals surface area contributed by atoms with Gasteiger partial charge in [0, 0.05) is 37.8 Å². The summed E-state index contributed by atoms with van der Waals surface area (Å²) >= 11 is 0. The molecule has 1 aromatic carbocycles. The van der Waals surface area contributed by atoms with Crippen molar-refractivity contribution in [1.29, 1.82) is 0 Å². The van der Waals surface area contributed by atoms with E-state index < -0.39 is 11.6 Å². The normalized spacial score (nSPS) is 18.3. The van der Waals surface area contributed by atoms with Crippen LogP contribution in [0.15, 0.2) is 30.4 Å². The van der Waals surface area contributed by atoms with Crippen LogP contribution in [0, 0.1) is 11.6 Å². The van der Waals surface area contributed by atoms with Crippen LogP contribution < -0.4 is 5.32 Å². The number of nitrogens with one attached hydrogen (secondary N) is 1. The second kappa shape index (κ2) is 6.26. The standard InChI is InChI=1S/C15H20F2N2/c1-11(2)10-14(19-8-6-18-7-9-19)12-4-3-5-13(16)15(12)17/h3-5,14,18H,1,6-10H2,2H3/t14-/m0/s1. The Balaban J connectivity index is 2.30. The molecule has 1 saturated heterocycles. The number of halogens is 2. The zero-order valence-corrected chi connectivity index (χ0v) is 11.3. The summed E-state index contributed by atoms with van der Waals surface area (Å²) in [6.45, 7) is 9.27. The summed E-state index contributed by atoms with van der Waals surface area (Å²) < 4.78 is 27.4. The Morgan fingerprint density at radius 1 is 1.37 bits per heavy atom. The average Bonchev–Trinajstić information content (AvgIpc) is 2.40. The van der Waals surface area contributed by atoms with Gasteiger partial charge in [0.1, 0.15) is 0 Å². The van der Waals surface area contributed by atoms with E-state index in [1.165, 1.54) is 0 Å². The Morgan fingerprint density at radius 3 is 2.68 bits per heavy atom. The van der Waals surface area contributed by atoms with Crippen LogP contribution >= 0.6 is 0 Å². The predicted molar refractivity (Wildman–Crippen MR) is 73.0 cm³/mol. The van der Waals surface area contributed by atoms with Crippen molar-refractivity contribution in [3.63, 3.8) is 0 Å². The third-order valence-electron chi connectivity index (χ3n) is 3.47. The highest BCUT2D eigenvalue weighted by atomic mass is 19.2. The minimum absolute atomic E-state index is 0.129. The van der Waals surface area contributed by atoms with E-state index in [2.05, 4.69) is 16.8 Å². The lowest BCUT2D eigenvalue weighted by molar-refractivity contribution is 0.168. The zero-order valence-electron chi connectivity index (χ0n) is 11.3. The molecule has 0 saturated carbocycles. The molecule has 0 unspecified atom stereocenters. The Kier molecular flexibility index (Phi) is 4.66. The predicted octanol–water partition coefficient (Wildman–Crippen LogP) is 2.88. The van der Waals surface area contributed by atoms with Gasteiger partial charge in [-0.15, -0.1) is 6.58 Å². The maximum Gasteiger partial charge on any atom is 0.163 e. The van der Waals surface area contributed by atoms with Crippen LogP contribution in [0.25, 0.3) is 0 Å². The third-order valence-corrected chi connectivity index (χ3v) is 3.47. The van der Waals surface area contributed by atoms with Crippen molar-refractivity contribution in [3.8, 4) is 0 Å². The highest BCUT2D eigenvalue weighted by Crippen LogP contribution is 2.30. The lowest BCUT2D eigenvalue weighted by atomic mass is 9.97. The van der Waals surface area contributed by atoms with Crippen LogP contribution in [0.5, 0.6) is 0 Å². The smallest absolute Gasteiger partial charge is 0.163 e. The minimum Gasteiger partial charge on any atom is -0.314 e. The Morgan fingerprint density at radius 2 is 2.05 bits per heavy atom. The minimum atomic E-state index is -0.778. The molecule has 1 aliphatic heterocycles. The van der Waals surface area contributed by atoms with Gasteiger partial charge in [-0.1, -0.05) is 17.7 Å². The maximum absolute atomic E-state index is 14.0. The molecule has 1 atom stereocenters. The van der Waals surface area contributed by atoms with Crippen LogP contribution in [0.2, 0.25) is 0 Å². The molecular weight excluding hydrogens is 246 g/mol. The zero-order chi connectivity index (χ0) is 13.8. The van der Waals surface area contributed by atoms with Crippen molar-refractivity contribution in [3.05, 3.63) is 47.5 Å². The molecule has 0 radical (unpaired) electrons. The van der Waals surface area contributed by atoms with Crippen molar-refractivity contribution < 1.29 is 8.78 Å². The number of hydrogen-bond acceptors (Lipinski definition) is 2. The highest BCUT2D eigenvalue weighted by molar-refractivity contribution is 5.24. The second-order valence-electron chi connectivity index (χ2n) is 5.11. The van der Waals surface area contributed by atoms with Gasteiger partial charge in [0.05, 0.1) is 0 Å².